The Morgan fingerprint density at radius 3 is 3.00 bits per heavy atom. The van der Waals surface area contributed by atoms with Crippen LogP contribution in [0.25, 0.3) is 0 Å². The van der Waals surface area contributed by atoms with Crippen LogP contribution in [0.2, 0.25) is 0 Å². The van der Waals surface area contributed by atoms with Gasteiger partial charge >= 0.3 is 0 Å². The van der Waals surface area contributed by atoms with Crippen molar-refractivity contribution in [2.45, 2.75) is 38.4 Å². The summed E-state index contributed by atoms with van der Waals surface area (Å²) in [5.74, 6) is 0. The van der Waals surface area contributed by atoms with Crippen LogP contribution in [0.5, 0.6) is 0 Å². The predicted molar refractivity (Wildman–Crippen MR) is 43.4 cm³/mol. The van der Waals surface area contributed by atoms with E-state index >= 15 is 0 Å². The van der Waals surface area contributed by atoms with E-state index in [1.165, 1.54) is 18.9 Å². The second kappa shape index (κ2) is 4.29. The molecule has 0 amide bonds. The number of allylic oxidation sites excluding steroid dienone is 1. The lowest BCUT2D eigenvalue weighted by Crippen LogP contribution is -1.89. The van der Waals surface area contributed by atoms with E-state index in [1.807, 2.05) is 6.08 Å². The largest absolute Gasteiger partial charge is 0.365 e. The van der Waals surface area contributed by atoms with Gasteiger partial charge in [0, 0.05) is 0 Å². The van der Waals surface area contributed by atoms with Gasteiger partial charge in [0.2, 0.25) is 0 Å². The average molecular weight is 154 g/mol. The van der Waals surface area contributed by atoms with Gasteiger partial charge in [0.1, 0.15) is 12.4 Å². The van der Waals surface area contributed by atoms with Gasteiger partial charge in [-0.3, -0.25) is 4.79 Å². The van der Waals surface area contributed by atoms with Crippen LogP contribution in [0.1, 0.15) is 26.2 Å². The van der Waals surface area contributed by atoms with Gasteiger partial charge < -0.3 is 4.74 Å². The van der Waals surface area contributed by atoms with E-state index in [0.29, 0.717) is 6.10 Å². The molecule has 0 aromatic heterocycles. The topological polar surface area (TPSA) is 29.6 Å². The molecule has 0 aromatic rings. The van der Waals surface area contributed by atoms with E-state index < -0.39 is 0 Å². The molecule has 2 atom stereocenters. The fourth-order valence-corrected chi connectivity index (χ4v) is 1.12. The maximum absolute atomic E-state index is 9.92. The highest BCUT2D eigenvalue weighted by atomic mass is 16.6. The van der Waals surface area contributed by atoms with Crippen LogP contribution in [0.15, 0.2) is 12.2 Å². The normalized spacial score (nSPS) is 29.2. The summed E-state index contributed by atoms with van der Waals surface area (Å²) in [7, 11) is 0. The Kier molecular flexibility index (Phi) is 3.30. The number of rotatable bonds is 5. The van der Waals surface area contributed by atoms with E-state index in [2.05, 4.69) is 6.92 Å². The lowest BCUT2D eigenvalue weighted by molar-refractivity contribution is -0.104. The van der Waals surface area contributed by atoms with E-state index in [0.717, 1.165) is 12.7 Å². The number of carbonyl (C=O) groups excluding carboxylic acids is 1. The van der Waals surface area contributed by atoms with Crippen LogP contribution in [-0.4, -0.2) is 18.5 Å². The first kappa shape index (κ1) is 8.47. The summed E-state index contributed by atoms with van der Waals surface area (Å²) in [5.41, 5.74) is 0. The second-order valence-corrected chi connectivity index (χ2v) is 2.80. The molecule has 0 N–H and O–H groups in total. The number of unbranched alkanes of at least 4 members (excludes halogenated alkanes) is 1. The Hall–Kier alpha value is -0.630. The highest BCUT2D eigenvalue weighted by Gasteiger charge is 2.35. The summed E-state index contributed by atoms with van der Waals surface area (Å²) in [6, 6.07) is 0. The molecule has 1 saturated heterocycles. The van der Waals surface area contributed by atoms with E-state index in [4.69, 9.17) is 4.74 Å². The lowest BCUT2D eigenvalue weighted by Gasteiger charge is -1.88. The third-order valence-corrected chi connectivity index (χ3v) is 1.84. The van der Waals surface area contributed by atoms with Crippen molar-refractivity contribution < 1.29 is 9.53 Å². The quantitative estimate of drug-likeness (QED) is 0.342. The highest BCUT2D eigenvalue weighted by Crippen LogP contribution is 2.27. The van der Waals surface area contributed by atoms with Gasteiger partial charge in [-0.05, 0) is 12.5 Å². The molecule has 0 aliphatic carbocycles. The molecule has 0 saturated carbocycles. The molecule has 62 valence electrons. The van der Waals surface area contributed by atoms with Crippen molar-refractivity contribution in [1.82, 2.24) is 0 Å². The summed E-state index contributed by atoms with van der Waals surface area (Å²) in [5, 5.41) is 0. The number of hydrogen-bond acceptors (Lipinski definition) is 2. The zero-order valence-electron chi connectivity index (χ0n) is 6.82. The molecule has 1 fully saturated rings. The Morgan fingerprint density at radius 2 is 2.36 bits per heavy atom. The molecule has 1 heterocycles. The van der Waals surface area contributed by atoms with E-state index in [-0.39, 0.29) is 6.10 Å². The zero-order chi connectivity index (χ0) is 8.10. The van der Waals surface area contributed by atoms with Crippen molar-refractivity contribution in [3.63, 3.8) is 0 Å². The van der Waals surface area contributed by atoms with Crippen molar-refractivity contribution in [3.05, 3.63) is 12.2 Å². The van der Waals surface area contributed by atoms with Crippen LogP contribution >= 0.6 is 0 Å². The summed E-state index contributed by atoms with van der Waals surface area (Å²) < 4.78 is 5.28. The molecule has 0 unspecified atom stereocenters. The molecule has 2 heteroatoms. The molecule has 1 aliphatic rings. The molecule has 2 nitrogen and oxygen atoms in total. The SMILES string of the molecule is CCCC[C@H]1O[C@@H]1C=CC=O. The number of ether oxygens (including phenoxy) is 1. The number of epoxide rings is 1. The number of aldehydes is 1. The molecule has 0 radical (unpaired) electrons. The number of hydrogen-bond donors (Lipinski definition) is 0. The summed E-state index contributed by atoms with van der Waals surface area (Å²) >= 11 is 0. The minimum absolute atomic E-state index is 0.228. The molecule has 1 aliphatic heterocycles. The maximum Gasteiger partial charge on any atom is 0.142 e. The van der Waals surface area contributed by atoms with Gasteiger partial charge in [-0.25, -0.2) is 0 Å². The van der Waals surface area contributed by atoms with Crippen LogP contribution in [0.3, 0.4) is 0 Å². The van der Waals surface area contributed by atoms with Crippen LogP contribution in [0, 0.1) is 0 Å². The first-order valence-corrected chi connectivity index (χ1v) is 4.16. The standard InChI is InChI=1S/C9H14O2/c1-2-3-5-8-9(11-8)6-4-7-10/h4,6-9H,2-3,5H2,1H3/t8-,9-/m1/s1. The van der Waals surface area contributed by atoms with Crippen LogP contribution in [0.4, 0.5) is 0 Å². The minimum Gasteiger partial charge on any atom is -0.365 e. The van der Waals surface area contributed by atoms with E-state index in [9.17, 15) is 4.79 Å². The van der Waals surface area contributed by atoms with Crippen molar-refractivity contribution >= 4 is 6.29 Å². The number of carbonyl (C=O) groups is 1. The zero-order valence-corrected chi connectivity index (χ0v) is 6.82. The first-order chi connectivity index (χ1) is 5.38. The van der Waals surface area contributed by atoms with Gasteiger partial charge in [0.05, 0.1) is 6.10 Å². The summed E-state index contributed by atoms with van der Waals surface area (Å²) in [4.78, 5) is 9.92. The van der Waals surface area contributed by atoms with Gasteiger partial charge in [-0.2, -0.15) is 0 Å². The van der Waals surface area contributed by atoms with Gasteiger partial charge in [-0.15, -0.1) is 0 Å². The fourth-order valence-electron chi connectivity index (χ4n) is 1.12. The van der Waals surface area contributed by atoms with Crippen LogP contribution in [-0.2, 0) is 9.53 Å². The Labute approximate surface area is 67.2 Å². The first-order valence-electron chi connectivity index (χ1n) is 4.16. The van der Waals surface area contributed by atoms with Crippen molar-refractivity contribution in [2.24, 2.45) is 0 Å². The van der Waals surface area contributed by atoms with Crippen molar-refractivity contribution in [3.8, 4) is 0 Å². The van der Waals surface area contributed by atoms with Gasteiger partial charge in [0.25, 0.3) is 0 Å². The molecule has 0 bridgehead atoms. The summed E-state index contributed by atoms with van der Waals surface area (Å²) in [6.07, 6.45) is 8.31. The maximum atomic E-state index is 9.92. The minimum atomic E-state index is 0.228. The Morgan fingerprint density at radius 1 is 1.55 bits per heavy atom. The molecule has 0 aromatic carbocycles. The van der Waals surface area contributed by atoms with Gasteiger partial charge in [-0.1, -0.05) is 25.8 Å². The van der Waals surface area contributed by atoms with Crippen molar-refractivity contribution in [2.75, 3.05) is 0 Å². The fraction of sp³-hybridized carbons (Fsp3) is 0.667. The molecular formula is C9H14O2. The third-order valence-electron chi connectivity index (χ3n) is 1.84. The second-order valence-electron chi connectivity index (χ2n) is 2.80. The third kappa shape index (κ3) is 2.85. The molecule has 1 rings (SSSR count). The predicted octanol–water partition coefficient (Wildman–Crippen LogP) is 1.70. The van der Waals surface area contributed by atoms with Gasteiger partial charge in [0.15, 0.2) is 0 Å². The Balaban J connectivity index is 2.06. The highest BCUT2D eigenvalue weighted by molar-refractivity contribution is 5.64. The Bertz CT molecular complexity index is 152. The lowest BCUT2D eigenvalue weighted by atomic mass is 10.1. The molecular weight excluding hydrogens is 140 g/mol. The molecule has 11 heavy (non-hydrogen) atoms. The summed E-state index contributed by atoms with van der Waals surface area (Å²) in [6.45, 7) is 2.17. The van der Waals surface area contributed by atoms with Crippen molar-refractivity contribution in [1.29, 1.82) is 0 Å². The average Bonchev–Trinajstić information content (AvgIpc) is 2.76. The van der Waals surface area contributed by atoms with Crippen LogP contribution < -0.4 is 0 Å². The smallest absolute Gasteiger partial charge is 0.142 e. The van der Waals surface area contributed by atoms with E-state index in [1.54, 1.807) is 0 Å². The molecule has 0 spiro atoms. The monoisotopic (exact) mass is 154 g/mol.